The number of aromatic hydroxyl groups is 1. The van der Waals surface area contributed by atoms with Gasteiger partial charge in [-0.15, -0.1) is 0 Å². The van der Waals surface area contributed by atoms with E-state index in [2.05, 4.69) is 30.7 Å². The van der Waals surface area contributed by atoms with Gasteiger partial charge in [0.25, 0.3) is 10.1 Å². The first-order valence-electron chi connectivity index (χ1n) is 12.4. The largest absolute Gasteiger partial charge is 0.507 e. The summed E-state index contributed by atoms with van der Waals surface area (Å²) in [7, 11) is -4.20. The highest BCUT2D eigenvalue weighted by Crippen LogP contribution is 2.40. The van der Waals surface area contributed by atoms with Crippen LogP contribution in [0.2, 0.25) is 0 Å². The molecule has 8 nitrogen and oxygen atoms in total. The molecule has 5 rings (SSSR count). The molecule has 1 heterocycles. The Morgan fingerprint density at radius 3 is 2.37 bits per heavy atom. The van der Waals surface area contributed by atoms with E-state index < -0.39 is 16.1 Å². The second-order valence-electron chi connectivity index (χ2n) is 10.6. The van der Waals surface area contributed by atoms with Gasteiger partial charge in [0.1, 0.15) is 23.2 Å². The first-order chi connectivity index (χ1) is 17.9. The number of phenols is 1. The van der Waals surface area contributed by atoms with Gasteiger partial charge in [-0.25, -0.2) is 9.78 Å². The number of imidazole rings is 1. The van der Waals surface area contributed by atoms with Crippen LogP contribution in [0.15, 0.2) is 77.7 Å². The van der Waals surface area contributed by atoms with E-state index in [0.717, 1.165) is 24.8 Å². The van der Waals surface area contributed by atoms with Crippen molar-refractivity contribution in [3.05, 3.63) is 78.4 Å². The smallest absolute Gasteiger partial charge is 0.342 e. The first kappa shape index (κ1) is 27.3. The van der Waals surface area contributed by atoms with Crippen molar-refractivity contribution in [1.82, 2.24) is 9.97 Å². The van der Waals surface area contributed by atoms with Crippen molar-refractivity contribution in [2.45, 2.75) is 51.0 Å². The molecule has 2 unspecified atom stereocenters. The third kappa shape index (κ3) is 6.79. The van der Waals surface area contributed by atoms with Crippen molar-refractivity contribution in [3.63, 3.8) is 0 Å². The summed E-state index contributed by atoms with van der Waals surface area (Å²) in [5.74, 6) is 0.776. The van der Waals surface area contributed by atoms with E-state index in [1.807, 2.05) is 30.3 Å². The minimum absolute atomic E-state index is 0.0179. The maximum atomic E-state index is 12.1. The lowest BCUT2D eigenvalue weighted by Crippen LogP contribution is -2.34. The average molecular weight is 537 g/mol. The summed E-state index contributed by atoms with van der Waals surface area (Å²) in [6.45, 7) is 6.62. The van der Waals surface area contributed by atoms with E-state index in [1.165, 1.54) is 18.2 Å². The predicted molar refractivity (Wildman–Crippen MR) is 145 cm³/mol. The van der Waals surface area contributed by atoms with Gasteiger partial charge in [-0.3, -0.25) is 4.55 Å². The quantitative estimate of drug-likeness (QED) is 0.208. The predicted octanol–water partition coefficient (Wildman–Crippen LogP) is 6.24. The summed E-state index contributed by atoms with van der Waals surface area (Å²) in [6.07, 6.45) is 2.91. The monoisotopic (exact) mass is 536 g/mol. The number of H-pyrrole nitrogens is 1. The second kappa shape index (κ2) is 11.0. The lowest BCUT2D eigenvalue weighted by molar-refractivity contribution is -0.00735. The van der Waals surface area contributed by atoms with Crippen molar-refractivity contribution >= 4 is 27.1 Å². The minimum atomic E-state index is -4.20. The summed E-state index contributed by atoms with van der Waals surface area (Å²) in [4.78, 5) is 19.3. The van der Waals surface area contributed by atoms with Gasteiger partial charge in [0.05, 0.1) is 15.9 Å². The number of phenolic OH excluding ortho intramolecular Hbond substituents is 1. The SMILES string of the molecule is CC1CC(OC(=O)c2ccccc2O)CC(C)(C)C1.O=S(=O)(O)c1ccc2[nH]c(-c3ccccc3)nc2c1. The number of carbonyl (C=O) groups is 1. The Balaban J connectivity index is 0.000000177. The van der Waals surface area contributed by atoms with Crippen LogP contribution in [-0.2, 0) is 14.9 Å². The molecule has 4 aromatic rings. The van der Waals surface area contributed by atoms with Crippen molar-refractivity contribution in [3.8, 4) is 17.1 Å². The Bertz CT molecular complexity index is 1530. The van der Waals surface area contributed by atoms with Crippen LogP contribution in [0, 0.1) is 11.3 Å². The number of aromatic nitrogens is 2. The zero-order valence-corrected chi connectivity index (χ0v) is 22.4. The third-order valence-corrected chi connectivity index (χ3v) is 7.39. The van der Waals surface area contributed by atoms with E-state index >= 15 is 0 Å². The van der Waals surface area contributed by atoms with Crippen LogP contribution in [0.3, 0.4) is 0 Å². The Morgan fingerprint density at radius 2 is 1.71 bits per heavy atom. The van der Waals surface area contributed by atoms with Gasteiger partial charge in [-0.05, 0) is 60.9 Å². The number of rotatable bonds is 4. The second-order valence-corrected chi connectivity index (χ2v) is 12.0. The van der Waals surface area contributed by atoms with E-state index in [0.29, 0.717) is 22.8 Å². The van der Waals surface area contributed by atoms with Gasteiger partial charge in [-0.2, -0.15) is 8.42 Å². The topological polar surface area (TPSA) is 130 Å². The number of fused-ring (bicyclic) bond motifs is 1. The van der Waals surface area contributed by atoms with Crippen molar-refractivity contribution in [2.75, 3.05) is 0 Å². The molecule has 200 valence electrons. The molecule has 0 aliphatic heterocycles. The molecule has 2 atom stereocenters. The van der Waals surface area contributed by atoms with Crippen LogP contribution in [0.5, 0.6) is 5.75 Å². The maximum absolute atomic E-state index is 12.1. The molecule has 1 aromatic heterocycles. The molecule has 3 aromatic carbocycles. The molecule has 0 radical (unpaired) electrons. The summed E-state index contributed by atoms with van der Waals surface area (Å²) in [5, 5.41) is 9.66. The molecule has 1 saturated carbocycles. The summed E-state index contributed by atoms with van der Waals surface area (Å²) < 4.78 is 36.7. The number of benzene rings is 3. The highest BCUT2D eigenvalue weighted by molar-refractivity contribution is 7.85. The zero-order chi connectivity index (χ0) is 27.5. The standard InChI is InChI=1S/C16H22O3.C13H10N2O3S/c1-11-8-12(10-16(2,3)9-11)19-15(18)13-6-4-5-7-14(13)17;16-19(17,18)10-6-7-11-12(8-10)15-13(14-11)9-4-2-1-3-5-9/h4-7,11-12,17H,8-10H2,1-3H3;1-8H,(H,14,15)(H,16,17,18). The van der Waals surface area contributed by atoms with Crippen LogP contribution < -0.4 is 0 Å². The zero-order valence-electron chi connectivity index (χ0n) is 21.6. The number of aromatic amines is 1. The number of ether oxygens (including phenoxy) is 1. The number of para-hydroxylation sites is 1. The summed E-state index contributed by atoms with van der Waals surface area (Å²) in [5.41, 5.74) is 2.58. The van der Waals surface area contributed by atoms with Crippen LogP contribution in [0.4, 0.5) is 0 Å². The minimum Gasteiger partial charge on any atom is -0.507 e. The number of hydrogen-bond donors (Lipinski definition) is 3. The molecule has 0 amide bonds. The molecule has 3 N–H and O–H groups in total. The van der Waals surface area contributed by atoms with Gasteiger partial charge in [0, 0.05) is 5.56 Å². The third-order valence-electron chi connectivity index (χ3n) is 6.54. The molecule has 1 aliphatic rings. The van der Waals surface area contributed by atoms with Gasteiger partial charge < -0.3 is 14.8 Å². The Labute approximate surface area is 222 Å². The number of carbonyl (C=O) groups excluding carboxylic acids is 1. The normalized spacial score (nSPS) is 18.8. The van der Waals surface area contributed by atoms with Crippen LogP contribution in [0.25, 0.3) is 22.4 Å². The number of nitrogens with zero attached hydrogens (tertiary/aromatic N) is 1. The fourth-order valence-corrected chi connectivity index (χ4v) is 5.59. The maximum Gasteiger partial charge on any atom is 0.342 e. The Morgan fingerprint density at radius 1 is 1.03 bits per heavy atom. The molecular formula is C29H32N2O6S. The van der Waals surface area contributed by atoms with Gasteiger partial charge >= 0.3 is 5.97 Å². The van der Waals surface area contributed by atoms with E-state index in [4.69, 9.17) is 9.29 Å². The Hall–Kier alpha value is -3.69. The van der Waals surface area contributed by atoms with Gasteiger partial charge in [-0.1, -0.05) is 63.2 Å². The molecule has 38 heavy (non-hydrogen) atoms. The summed E-state index contributed by atoms with van der Waals surface area (Å²) in [6, 6.07) is 20.3. The first-order valence-corrected chi connectivity index (χ1v) is 13.9. The highest BCUT2D eigenvalue weighted by atomic mass is 32.2. The molecule has 0 bridgehead atoms. The van der Waals surface area contributed by atoms with Crippen LogP contribution in [0.1, 0.15) is 50.4 Å². The van der Waals surface area contributed by atoms with Gasteiger partial charge in [0.2, 0.25) is 0 Å². The van der Waals surface area contributed by atoms with Crippen molar-refractivity contribution in [1.29, 1.82) is 0 Å². The van der Waals surface area contributed by atoms with E-state index in [1.54, 1.807) is 24.3 Å². The molecule has 1 fully saturated rings. The lowest BCUT2D eigenvalue weighted by atomic mass is 9.71. The fraction of sp³-hybridized carbons (Fsp3) is 0.310. The molecule has 0 saturated heterocycles. The van der Waals surface area contributed by atoms with Crippen LogP contribution in [-0.4, -0.2) is 40.1 Å². The van der Waals surface area contributed by atoms with E-state index in [-0.39, 0.29) is 27.7 Å². The van der Waals surface area contributed by atoms with Crippen LogP contribution >= 0.6 is 0 Å². The average Bonchev–Trinajstić information content (AvgIpc) is 3.27. The molecule has 0 spiro atoms. The number of nitrogens with one attached hydrogen (secondary N) is 1. The lowest BCUT2D eigenvalue weighted by Gasteiger charge is -2.38. The van der Waals surface area contributed by atoms with Crippen molar-refractivity contribution < 1.29 is 27.6 Å². The molecular weight excluding hydrogens is 504 g/mol. The summed E-state index contributed by atoms with van der Waals surface area (Å²) >= 11 is 0. The molecule has 9 heteroatoms. The highest BCUT2D eigenvalue weighted by Gasteiger charge is 2.34. The van der Waals surface area contributed by atoms with Gasteiger partial charge in [0.15, 0.2) is 0 Å². The molecule has 1 aliphatic carbocycles. The van der Waals surface area contributed by atoms with E-state index in [9.17, 15) is 18.3 Å². The number of esters is 1. The Kier molecular flexibility index (Phi) is 7.89. The van der Waals surface area contributed by atoms with Crippen molar-refractivity contribution in [2.24, 2.45) is 11.3 Å². The fourth-order valence-electron chi connectivity index (χ4n) is 5.09. The number of hydrogen-bond acceptors (Lipinski definition) is 6.